The molecular formula is C18H32N6O3S. The second kappa shape index (κ2) is 8.36. The highest BCUT2D eigenvalue weighted by Crippen LogP contribution is 2.30. The zero-order valence-electron chi connectivity index (χ0n) is 17.3. The van der Waals surface area contributed by atoms with Gasteiger partial charge in [-0.3, -0.25) is 0 Å². The van der Waals surface area contributed by atoms with Gasteiger partial charge >= 0.3 is 6.03 Å². The fourth-order valence-corrected chi connectivity index (χ4v) is 5.32. The molecule has 2 aliphatic heterocycles. The van der Waals surface area contributed by atoms with Crippen LogP contribution in [0.3, 0.4) is 0 Å². The number of urea groups is 1. The zero-order chi connectivity index (χ0) is 20.5. The Bertz CT molecular complexity index is 794. The summed E-state index contributed by atoms with van der Waals surface area (Å²) in [5.74, 6) is 1.97. The number of rotatable bonds is 5. The Kier molecular flexibility index (Phi) is 6.28. The molecule has 2 aliphatic rings. The van der Waals surface area contributed by atoms with Gasteiger partial charge in [-0.25, -0.2) is 17.5 Å². The summed E-state index contributed by atoms with van der Waals surface area (Å²) < 4.78 is 28.5. The molecule has 2 amide bonds. The van der Waals surface area contributed by atoms with Crippen molar-refractivity contribution in [2.45, 2.75) is 64.8 Å². The Hall–Kier alpha value is -1.68. The number of piperidine rings is 1. The van der Waals surface area contributed by atoms with Crippen LogP contribution in [0.1, 0.15) is 58.1 Å². The minimum atomic E-state index is -3.20. The molecule has 28 heavy (non-hydrogen) atoms. The molecule has 1 aromatic heterocycles. The van der Waals surface area contributed by atoms with Crippen molar-refractivity contribution in [2.24, 2.45) is 0 Å². The molecule has 0 aliphatic carbocycles. The van der Waals surface area contributed by atoms with Crippen LogP contribution in [0.4, 0.5) is 4.79 Å². The summed E-state index contributed by atoms with van der Waals surface area (Å²) in [6.07, 6.45) is 1.51. The minimum absolute atomic E-state index is 0.0491. The molecular weight excluding hydrogens is 380 g/mol. The lowest BCUT2D eigenvalue weighted by Crippen LogP contribution is -2.46. The molecule has 9 nitrogen and oxygen atoms in total. The summed E-state index contributed by atoms with van der Waals surface area (Å²) in [6.45, 7) is 11.7. The Balaban J connectivity index is 1.66. The average molecular weight is 413 g/mol. The maximum atomic E-state index is 12.6. The van der Waals surface area contributed by atoms with Crippen LogP contribution in [0.5, 0.6) is 0 Å². The average Bonchev–Trinajstić information content (AvgIpc) is 3.12. The van der Waals surface area contributed by atoms with Gasteiger partial charge in [-0.05, 0) is 40.5 Å². The van der Waals surface area contributed by atoms with Crippen molar-refractivity contribution < 1.29 is 13.2 Å². The molecule has 10 heteroatoms. The van der Waals surface area contributed by atoms with Gasteiger partial charge in [-0.1, -0.05) is 0 Å². The fraction of sp³-hybridized carbons (Fsp3) is 0.833. The summed E-state index contributed by atoms with van der Waals surface area (Å²) in [7, 11) is -3.20. The summed E-state index contributed by atoms with van der Waals surface area (Å²) in [5, 5.41) is 8.37. The number of aromatic nitrogens is 3. The first-order valence-corrected chi connectivity index (χ1v) is 11.7. The molecule has 158 valence electrons. The van der Waals surface area contributed by atoms with E-state index in [0.717, 1.165) is 24.5 Å². The number of carbonyl (C=O) groups is 1. The summed E-state index contributed by atoms with van der Waals surface area (Å²) in [4.78, 5) is 16.2. The number of amides is 2. The maximum absolute atomic E-state index is 12.6. The van der Waals surface area contributed by atoms with Gasteiger partial charge in [0.1, 0.15) is 5.82 Å². The molecule has 1 saturated heterocycles. The lowest BCUT2D eigenvalue weighted by Gasteiger charge is -2.34. The van der Waals surface area contributed by atoms with Crippen LogP contribution in [0.15, 0.2) is 0 Å². The van der Waals surface area contributed by atoms with Crippen molar-refractivity contribution in [3.8, 4) is 0 Å². The highest BCUT2D eigenvalue weighted by molar-refractivity contribution is 7.89. The van der Waals surface area contributed by atoms with Crippen LogP contribution < -0.4 is 0 Å². The third kappa shape index (κ3) is 3.89. The quantitative estimate of drug-likeness (QED) is 0.730. The Morgan fingerprint density at radius 3 is 2.32 bits per heavy atom. The van der Waals surface area contributed by atoms with Crippen molar-refractivity contribution in [3.05, 3.63) is 11.6 Å². The highest BCUT2D eigenvalue weighted by atomic mass is 32.2. The van der Waals surface area contributed by atoms with E-state index in [9.17, 15) is 13.2 Å². The molecule has 1 aromatic rings. The van der Waals surface area contributed by atoms with E-state index in [2.05, 4.69) is 14.8 Å². The molecule has 0 radical (unpaired) electrons. The van der Waals surface area contributed by atoms with Crippen LogP contribution in [-0.2, 0) is 23.1 Å². The van der Waals surface area contributed by atoms with Crippen LogP contribution in [-0.4, -0.2) is 81.3 Å². The van der Waals surface area contributed by atoms with Crippen molar-refractivity contribution in [1.82, 2.24) is 28.9 Å². The summed E-state index contributed by atoms with van der Waals surface area (Å²) >= 11 is 0. The molecule has 0 N–H and O–H groups in total. The van der Waals surface area contributed by atoms with E-state index < -0.39 is 10.0 Å². The van der Waals surface area contributed by atoms with Crippen LogP contribution in [0.2, 0.25) is 0 Å². The second-order valence-corrected chi connectivity index (χ2v) is 10.3. The SMILES string of the molecule is CCN(CC)C(=O)N1CCn2c(nnc2C2CCN(S(=O)(=O)C(C)C)CC2)C1. The van der Waals surface area contributed by atoms with Crippen molar-refractivity contribution >= 4 is 16.1 Å². The molecule has 0 aromatic carbocycles. The molecule has 0 atom stereocenters. The maximum Gasteiger partial charge on any atom is 0.320 e. The van der Waals surface area contributed by atoms with Gasteiger partial charge in [-0.15, -0.1) is 10.2 Å². The van der Waals surface area contributed by atoms with Gasteiger partial charge in [0.25, 0.3) is 0 Å². The summed E-state index contributed by atoms with van der Waals surface area (Å²) in [6, 6.07) is 0.0491. The predicted octanol–water partition coefficient (Wildman–Crippen LogP) is 1.47. The number of hydrogen-bond acceptors (Lipinski definition) is 5. The van der Waals surface area contributed by atoms with E-state index in [1.807, 2.05) is 23.6 Å². The monoisotopic (exact) mass is 412 g/mol. The van der Waals surface area contributed by atoms with E-state index in [1.165, 1.54) is 0 Å². The first-order chi connectivity index (χ1) is 13.3. The molecule has 3 rings (SSSR count). The first kappa shape index (κ1) is 21.0. The van der Waals surface area contributed by atoms with Crippen molar-refractivity contribution in [3.63, 3.8) is 0 Å². The lowest BCUT2D eigenvalue weighted by molar-refractivity contribution is 0.143. The van der Waals surface area contributed by atoms with Gasteiger partial charge in [-0.2, -0.15) is 0 Å². The van der Waals surface area contributed by atoms with E-state index >= 15 is 0 Å². The molecule has 0 bridgehead atoms. The van der Waals surface area contributed by atoms with E-state index in [0.29, 0.717) is 45.8 Å². The standard InChI is InChI=1S/C18H32N6O3S/c1-5-21(6-2)18(25)22-11-12-24-16(13-22)19-20-17(24)15-7-9-23(10-8-15)28(26,27)14(3)4/h14-15H,5-13H2,1-4H3. The zero-order valence-corrected chi connectivity index (χ0v) is 18.2. The van der Waals surface area contributed by atoms with Crippen LogP contribution in [0.25, 0.3) is 0 Å². The number of sulfonamides is 1. The van der Waals surface area contributed by atoms with Crippen molar-refractivity contribution in [2.75, 3.05) is 32.7 Å². The third-order valence-corrected chi connectivity index (χ3v) is 8.14. The molecule has 0 spiro atoms. The highest BCUT2D eigenvalue weighted by Gasteiger charge is 2.34. The molecule has 0 saturated carbocycles. The Labute approximate surface area is 167 Å². The predicted molar refractivity (Wildman–Crippen MR) is 106 cm³/mol. The largest absolute Gasteiger partial charge is 0.325 e. The van der Waals surface area contributed by atoms with Gasteiger partial charge in [0, 0.05) is 45.2 Å². The molecule has 1 fully saturated rings. The Morgan fingerprint density at radius 2 is 1.75 bits per heavy atom. The third-order valence-electron chi connectivity index (χ3n) is 5.86. The number of carbonyl (C=O) groups excluding carboxylic acids is 1. The molecule has 0 unspecified atom stereocenters. The van der Waals surface area contributed by atoms with Gasteiger partial charge < -0.3 is 14.4 Å². The fourth-order valence-electron chi connectivity index (χ4n) is 4.01. The van der Waals surface area contributed by atoms with Crippen LogP contribution >= 0.6 is 0 Å². The Morgan fingerprint density at radius 1 is 1.11 bits per heavy atom. The smallest absolute Gasteiger partial charge is 0.320 e. The minimum Gasteiger partial charge on any atom is -0.325 e. The van der Waals surface area contributed by atoms with Crippen LogP contribution in [0, 0.1) is 0 Å². The van der Waals surface area contributed by atoms with E-state index in [1.54, 1.807) is 18.2 Å². The normalized spacial score (nSPS) is 19.1. The lowest BCUT2D eigenvalue weighted by atomic mass is 9.97. The number of hydrogen-bond donors (Lipinski definition) is 0. The van der Waals surface area contributed by atoms with Gasteiger partial charge in [0.2, 0.25) is 10.0 Å². The topological polar surface area (TPSA) is 91.6 Å². The number of nitrogens with zero attached hydrogens (tertiary/aromatic N) is 6. The van der Waals surface area contributed by atoms with Gasteiger partial charge in [0.05, 0.1) is 11.8 Å². The molecule has 3 heterocycles. The van der Waals surface area contributed by atoms with E-state index in [4.69, 9.17) is 0 Å². The first-order valence-electron chi connectivity index (χ1n) is 10.2. The summed E-state index contributed by atoms with van der Waals surface area (Å²) in [5.41, 5.74) is 0. The van der Waals surface area contributed by atoms with Crippen molar-refractivity contribution in [1.29, 1.82) is 0 Å². The number of fused-ring (bicyclic) bond motifs is 1. The van der Waals surface area contributed by atoms with E-state index in [-0.39, 0.29) is 17.2 Å². The second-order valence-electron chi connectivity index (χ2n) is 7.77. The van der Waals surface area contributed by atoms with Gasteiger partial charge in [0.15, 0.2) is 5.82 Å².